The Morgan fingerprint density at radius 1 is 1.35 bits per heavy atom. The number of sulfone groups is 1. The van der Waals surface area contributed by atoms with Gasteiger partial charge in [0.15, 0.2) is 9.84 Å². The predicted octanol–water partition coefficient (Wildman–Crippen LogP) is 0.646. The molecule has 1 aromatic carbocycles. The number of hydrogen-bond acceptors (Lipinski definition) is 5. The summed E-state index contributed by atoms with van der Waals surface area (Å²) in [5.41, 5.74) is 1.22. The summed E-state index contributed by atoms with van der Waals surface area (Å²) >= 11 is 0. The Bertz CT molecular complexity index is 919. The van der Waals surface area contributed by atoms with Crippen molar-refractivity contribution in [3.05, 3.63) is 42.2 Å². The van der Waals surface area contributed by atoms with Gasteiger partial charge in [-0.1, -0.05) is 6.07 Å². The molecule has 1 N–H and O–H groups in total. The van der Waals surface area contributed by atoms with Gasteiger partial charge in [0.25, 0.3) is 0 Å². The summed E-state index contributed by atoms with van der Waals surface area (Å²) < 4.78 is 52.3. The molecule has 7 nitrogen and oxygen atoms in total. The minimum Gasteiger partial charge on any atom is -0.241 e. The first-order valence-corrected chi connectivity index (χ1v) is 10.4. The average molecular weight is 355 g/mol. The molecule has 0 aliphatic carbocycles. The van der Waals surface area contributed by atoms with Gasteiger partial charge in [-0.05, 0) is 37.1 Å². The van der Waals surface area contributed by atoms with E-state index in [1.807, 2.05) is 0 Å². The van der Waals surface area contributed by atoms with E-state index in [1.165, 1.54) is 6.07 Å². The van der Waals surface area contributed by atoms with E-state index in [0.29, 0.717) is 17.7 Å². The first-order chi connectivity index (χ1) is 10.8. The molecule has 0 unspecified atom stereocenters. The van der Waals surface area contributed by atoms with Gasteiger partial charge >= 0.3 is 0 Å². The van der Waals surface area contributed by atoms with Gasteiger partial charge in [-0.2, -0.15) is 5.10 Å². The van der Waals surface area contributed by atoms with Crippen molar-refractivity contribution in [2.75, 3.05) is 11.5 Å². The fraction of sp³-hybridized carbons (Fsp3) is 0.357. The van der Waals surface area contributed by atoms with Gasteiger partial charge in [-0.15, -0.1) is 0 Å². The highest BCUT2D eigenvalue weighted by molar-refractivity contribution is 7.92. The topological polar surface area (TPSA) is 98.1 Å². The molecule has 0 bridgehead atoms. The van der Waals surface area contributed by atoms with Gasteiger partial charge in [0.1, 0.15) is 0 Å². The van der Waals surface area contributed by atoms with Crippen LogP contribution in [0.2, 0.25) is 0 Å². The second kappa shape index (κ2) is 5.73. The van der Waals surface area contributed by atoms with Crippen molar-refractivity contribution in [3.8, 4) is 5.69 Å². The molecule has 0 spiro atoms. The molecule has 1 saturated heterocycles. The summed E-state index contributed by atoms with van der Waals surface area (Å²) in [7, 11) is -6.94. The van der Waals surface area contributed by atoms with Crippen LogP contribution in [0.5, 0.6) is 0 Å². The zero-order valence-corrected chi connectivity index (χ0v) is 14.1. The zero-order valence-electron chi connectivity index (χ0n) is 12.5. The largest absolute Gasteiger partial charge is 0.241 e. The average Bonchev–Trinajstić information content (AvgIpc) is 3.08. The molecule has 9 heteroatoms. The van der Waals surface area contributed by atoms with Gasteiger partial charge in [0, 0.05) is 18.4 Å². The molecule has 3 rings (SSSR count). The summed E-state index contributed by atoms with van der Waals surface area (Å²) in [6, 6.07) is 6.19. The van der Waals surface area contributed by atoms with Crippen LogP contribution in [0, 0.1) is 6.92 Å². The second-order valence-corrected chi connectivity index (χ2v) is 9.53. The Balaban J connectivity index is 1.92. The monoisotopic (exact) mass is 355 g/mol. The van der Waals surface area contributed by atoms with E-state index in [2.05, 4.69) is 9.82 Å². The molecule has 1 fully saturated rings. The lowest BCUT2D eigenvalue weighted by atomic mass is 10.2. The van der Waals surface area contributed by atoms with Crippen LogP contribution in [0.1, 0.15) is 12.0 Å². The number of rotatable bonds is 4. The molecule has 0 radical (unpaired) electrons. The molecular weight excluding hydrogens is 338 g/mol. The Morgan fingerprint density at radius 2 is 2.13 bits per heavy atom. The first-order valence-electron chi connectivity index (χ1n) is 7.10. The van der Waals surface area contributed by atoms with Crippen molar-refractivity contribution in [2.45, 2.75) is 24.3 Å². The van der Waals surface area contributed by atoms with Crippen LogP contribution in [-0.2, 0) is 19.9 Å². The maximum Gasteiger partial charge on any atom is 0.241 e. The van der Waals surface area contributed by atoms with Crippen LogP contribution in [0.3, 0.4) is 0 Å². The molecule has 124 valence electrons. The van der Waals surface area contributed by atoms with E-state index in [0.717, 1.165) is 0 Å². The van der Waals surface area contributed by atoms with E-state index in [9.17, 15) is 16.8 Å². The lowest BCUT2D eigenvalue weighted by molar-refractivity contribution is 0.561. The van der Waals surface area contributed by atoms with Crippen molar-refractivity contribution in [2.24, 2.45) is 0 Å². The standard InChI is InChI=1S/C14H17N3O4S2/c1-11-3-4-13(17-7-2-6-15-17)9-14(11)23(20,21)16-12-5-8-22(18,19)10-12/h2-4,6-7,9,12,16H,5,8,10H2,1H3/t12-/m1/s1. The van der Waals surface area contributed by atoms with Crippen LogP contribution < -0.4 is 4.72 Å². The van der Waals surface area contributed by atoms with Gasteiger partial charge in [-0.25, -0.2) is 26.2 Å². The SMILES string of the molecule is Cc1ccc(-n2cccn2)cc1S(=O)(=O)N[C@@H]1CCS(=O)(=O)C1. The van der Waals surface area contributed by atoms with Crippen molar-refractivity contribution < 1.29 is 16.8 Å². The summed E-state index contributed by atoms with van der Waals surface area (Å²) in [4.78, 5) is 0.134. The van der Waals surface area contributed by atoms with Crippen LogP contribution in [0.4, 0.5) is 0 Å². The molecular formula is C14H17N3O4S2. The molecule has 0 amide bonds. The highest BCUT2D eigenvalue weighted by atomic mass is 32.2. The van der Waals surface area contributed by atoms with Crippen molar-refractivity contribution in [1.29, 1.82) is 0 Å². The van der Waals surface area contributed by atoms with E-state index in [1.54, 1.807) is 42.2 Å². The lowest BCUT2D eigenvalue weighted by Crippen LogP contribution is -2.36. The molecule has 1 aromatic heterocycles. The van der Waals surface area contributed by atoms with Gasteiger partial charge in [-0.3, -0.25) is 0 Å². The number of benzene rings is 1. The van der Waals surface area contributed by atoms with Crippen molar-refractivity contribution in [3.63, 3.8) is 0 Å². The quantitative estimate of drug-likeness (QED) is 0.868. The van der Waals surface area contributed by atoms with E-state index >= 15 is 0 Å². The molecule has 1 atom stereocenters. The van der Waals surface area contributed by atoms with E-state index in [-0.39, 0.29) is 16.4 Å². The van der Waals surface area contributed by atoms with E-state index in [4.69, 9.17) is 0 Å². The Kier molecular flexibility index (Phi) is 4.03. The van der Waals surface area contributed by atoms with Gasteiger partial charge in [0.05, 0.1) is 22.1 Å². The number of nitrogens with zero attached hydrogens (tertiary/aromatic N) is 2. The van der Waals surface area contributed by atoms with Crippen molar-refractivity contribution >= 4 is 19.9 Å². The molecule has 2 aromatic rings. The Labute approximate surface area is 135 Å². The lowest BCUT2D eigenvalue weighted by Gasteiger charge is -2.14. The maximum absolute atomic E-state index is 12.6. The minimum absolute atomic E-state index is 0.0203. The Hall–Kier alpha value is -1.71. The summed E-state index contributed by atoms with van der Waals surface area (Å²) in [5, 5.41) is 4.08. The number of sulfonamides is 1. The third-order valence-electron chi connectivity index (χ3n) is 3.78. The summed E-state index contributed by atoms with van der Waals surface area (Å²) in [5.74, 6) is -0.128. The molecule has 1 aliphatic heterocycles. The van der Waals surface area contributed by atoms with Crippen LogP contribution in [-0.4, -0.2) is 44.2 Å². The minimum atomic E-state index is -3.79. The summed E-state index contributed by atoms with van der Waals surface area (Å²) in [6.45, 7) is 1.70. The smallest absolute Gasteiger partial charge is 0.241 e. The predicted molar refractivity (Wildman–Crippen MR) is 85.7 cm³/mol. The number of aryl methyl sites for hydroxylation is 1. The second-order valence-electron chi connectivity index (χ2n) is 5.62. The number of nitrogens with one attached hydrogen (secondary N) is 1. The zero-order chi connectivity index (χ0) is 16.7. The van der Waals surface area contributed by atoms with Gasteiger partial charge < -0.3 is 0 Å². The normalized spacial score (nSPS) is 20.7. The number of hydrogen-bond donors (Lipinski definition) is 1. The maximum atomic E-state index is 12.6. The third kappa shape index (κ3) is 3.46. The molecule has 1 aliphatic rings. The molecule has 23 heavy (non-hydrogen) atoms. The third-order valence-corrected chi connectivity index (χ3v) is 7.21. The number of aromatic nitrogens is 2. The fourth-order valence-electron chi connectivity index (χ4n) is 2.61. The first kappa shape index (κ1) is 16.2. The summed E-state index contributed by atoms with van der Waals surface area (Å²) in [6.07, 6.45) is 3.63. The van der Waals surface area contributed by atoms with Crippen LogP contribution in [0.15, 0.2) is 41.6 Å². The highest BCUT2D eigenvalue weighted by Crippen LogP contribution is 2.21. The van der Waals surface area contributed by atoms with Gasteiger partial charge in [0.2, 0.25) is 10.0 Å². The fourth-order valence-corrected chi connectivity index (χ4v) is 5.93. The van der Waals surface area contributed by atoms with Crippen molar-refractivity contribution in [1.82, 2.24) is 14.5 Å². The van der Waals surface area contributed by atoms with Crippen LogP contribution >= 0.6 is 0 Å². The van der Waals surface area contributed by atoms with E-state index < -0.39 is 25.9 Å². The highest BCUT2D eigenvalue weighted by Gasteiger charge is 2.32. The molecule has 2 heterocycles. The van der Waals surface area contributed by atoms with Crippen LogP contribution in [0.25, 0.3) is 5.69 Å². The molecule has 0 saturated carbocycles. The Morgan fingerprint density at radius 3 is 2.74 bits per heavy atom.